The third kappa shape index (κ3) is 4.82. The van der Waals surface area contributed by atoms with Crippen LogP contribution in [0.1, 0.15) is 24.8 Å². The topological polar surface area (TPSA) is 33.7 Å². The zero-order valence-electron chi connectivity index (χ0n) is 11.7. The number of benzene rings is 1. The molecule has 4 nitrogen and oxygen atoms in total. The monoisotopic (exact) mass is 264 g/mol. The summed E-state index contributed by atoms with van der Waals surface area (Å²) in [5.41, 5.74) is 5.51. The Kier molecular flexibility index (Phi) is 6.14. The maximum Gasteiger partial charge on any atom is 0.0916 e. The normalized spacial score (nSPS) is 15.7. The molecule has 4 heteroatoms. The number of methoxy groups -OCH3 is 1. The summed E-state index contributed by atoms with van der Waals surface area (Å²) in [7, 11) is 1.67. The Morgan fingerprint density at radius 3 is 2.47 bits per heavy atom. The minimum absolute atomic E-state index is 0.572. The number of ether oxygens (including phenoxy) is 1. The van der Waals surface area contributed by atoms with Gasteiger partial charge in [0.25, 0.3) is 0 Å². The lowest BCUT2D eigenvalue weighted by atomic mass is 10.1. The smallest absolute Gasteiger partial charge is 0.0916 e. The Bertz CT molecular complexity index is 348. The summed E-state index contributed by atoms with van der Waals surface area (Å²) in [4.78, 5) is 7.71. The van der Waals surface area contributed by atoms with Crippen LogP contribution in [-0.2, 0) is 16.1 Å². The van der Waals surface area contributed by atoms with E-state index in [-0.39, 0.29) is 0 Å². The fourth-order valence-corrected chi connectivity index (χ4v) is 2.31. The maximum absolute atomic E-state index is 5.24. The van der Waals surface area contributed by atoms with E-state index in [1.165, 1.54) is 43.6 Å². The van der Waals surface area contributed by atoms with Gasteiger partial charge in [0, 0.05) is 32.4 Å². The van der Waals surface area contributed by atoms with E-state index in [0.717, 1.165) is 6.54 Å². The average molecular weight is 264 g/mol. The molecule has 0 spiro atoms. The average Bonchev–Trinajstić information content (AvgIpc) is 2.49. The molecule has 1 aliphatic heterocycles. The van der Waals surface area contributed by atoms with E-state index in [2.05, 4.69) is 34.6 Å². The number of hydrogen-bond donors (Lipinski definition) is 1. The SMILES string of the molecule is COCCONCc1ccc(N2CCCCC2)cc1. The molecule has 0 amide bonds. The first kappa shape index (κ1) is 14.3. The molecule has 0 atom stereocenters. The molecule has 1 aliphatic rings. The molecule has 2 rings (SSSR count). The molecule has 1 heterocycles. The quantitative estimate of drug-likeness (QED) is 0.605. The molecule has 19 heavy (non-hydrogen) atoms. The van der Waals surface area contributed by atoms with Crippen LogP contribution >= 0.6 is 0 Å². The van der Waals surface area contributed by atoms with E-state index in [0.29, 0.717) is 13.2 Å². The van der Waals surface area contributed by atoms with Gasteiger partial charge in [-0.15, -0.1) is 0 Å². The van der Waals surface area contributed by atoms with Gasteiger partial charge in [0.05, 0.1) is 13.2 Å². The van der Waals surface area contributed by atoms with E-state index in [1.807, 2.05) is 0 Å². The van der Waals surface area contributed by atoms with Crippen LogP contribution in [0.25, 0.3) is 0 Å². The predicted molar refractivity (Wildman–Crippen MR) is 77.2 cm³/mol. The molecule has 0 aromatic heterocycles. The number of rotatable bonds is 7. The minimum atomic E-state index is 0.572. The summed E-state index contributed by atoms with van der Waals surface area (Å²) >= 11 is 0. The van der Waals surface area contributed by atoms with Gasteiger partial charge in [-0.2, -0.15) is 5.48 Å². The molecule has 106 valence electrons. The minimum Gasteiger partial charge on any atom is -0.382 e. The Balaban J connectivity index is 1.74. The van der Waals surface area contributed by atoms with Crippen LogP contribution in [0.4, 0.5) is 5.69 Å². The Morgan fingerprint density at radius 2 is 1.79 bits per heavy atom. The van der Waals surface area contributed by atoms with Crippen molar-refractivity contribution in [1.29, 1.82) is 0 Å². The highest BCUT2D eigenvalue weighted by molar-refractivity contribution is 5.47. The van der Waals surface area contributed by atoms with Gasteiger partial charge in [0.1, 0.15) is 0 Å². The van der Waals surface area contributed by atoms with Gasteiger partial charge in [0.2, 0.25) is 0 Å². The summed E-state index contributed by atoms with van der Waals surface area (Å²) in [6, 6.07) is 8.74. The number of piperidine rings is 1. The molecule has 1 saturated heterocycles. The molecule has 1 aromatic carbocycles. The molecular weight excluding hydrogens is 240 g/mol. The second kappa shape index (κ2) is 8.15. The summed E-state index contributed by atoms with van der Waals surface area (Å²) in [5.74, 6) is 0. The van der Waals surface area contributed by atoms with Crippen LogP contribution in [0.15, 0.2) is 24.3 Å². The highest BCUT2D eigenvalue weighted by atomic mass is 16.7. The number of hydrogen-bond acceptors (Lipinski definition) is 4. The first-order valence-corrected chi connectivity index (χ1v) is 7.07. The second-order valence-corrected chi connectivity index (χ2v) is 4.88. The van der Waals surface area contributed by atoms with Crippen LogP contribution in [0.3, 0.4) is 0 Å². The number of anilines is 1. The van der Waals surface area contributed by atoms with Crippen LogP contribution in [-0.4, -0.2) is 33.4 Å². The van der Waals surface area contributed by atoms with Crippen molar-refractivity contribution in [3.8, 4) is 0 Å². The molecular formula is C15H24N2O2. The lowest BCUT2D eigenvalue weighted by Crippen LogP contribution is -2.29. The third-order valence-electron chi connectivity index (χ3n) is 3.43. The van der Waals surface area contributed by atoms with Crippen LogP contribution < -0.4 is 10.4 Å². The largest absolute Gasteiger partial charge is 0.382 e. The van der Waals surface area contributed by atoms with Crippen molar-refractivity contribution < 1.29 is 9.57 Å². The standard InChI is InChI=1S/C15H24N2O2/c1-18-11-12-19-16-13-14-5-7-15(8-6-14)17-9-3-2-4-10-17/h5-8,16H,2-4,9-13H2,1H3. The Morgan fingerprint density at radius 1 is 1.05 bits per heavy atom. The zero-order chi connectivity index (χ0) is 13.3. The van der Waals surface area contributed by atoms with Gasteiger partial charge >= 0.3 is 0 Å². The van der Waals surface area contributed by atoms with Crippen molar-refractivity contribution in [1.82, 2.24) is 5.48 Å². The first-order chi connectivity index (χ1) is 9.40. The summed E-state index contributed by atoms with van der Waals surface area (Å²) < 4.78 is 4.91. The van der Waals surface area contributed by atoms with Gasteiger partial charge in [-0.25, -0.2) is 0 Å². The highest BCUT2D eigenvalue weighted by Crippen LogP contribution is 2.20. The Labute approximate surface area is 115 Å². The summed E-state index contributed by atoms with van der Waals surface area (Å²) in [6.07, 6.45) is 4.00. The molecule has 1 N–H and O–H groups in total. The van der Waals surface area contributed by atoms with E-state index in [4.69, 9.17) is 9.57 Å². The zero-order valence-corrected chi connectivity index (χ0v) is 11.7. The van der Waals surface area contributed by atoms with E-state index in [9.17, 15) is 0 Å². The van der Waals surface area contributed by atoms with E-state index >= 15 is 0 Å². The molecule has 0 saturated carbocycles. The van der Waals surface area contributed by atoms with Crippen LogP contribution in [0.5, 0.6) is 0 Å². The number of nitrogens with one attached hydrogen (secondary N) is 1. The van der Waals surface area contributed by atoms with Crippen molar-refractivity contribution >= 4 is 5.69 Å². The van der Waals surface area contributed by atoms with Gasteiger partial charge in [0.15, 0.2) is 0 Å². The Hall–Kier alpha value is -1.10. The summed E-state index contributed by atoms with van der Waals surface area (Å²) in [5, 5.41) is 0. The van der Waals surface area contributed by atoms with E-state index in [1.54, 1.807) is 7.11 Å². The lowest BCUT2D eigenvalue weighted by Gasteiger charge is -2.28. The predicted octanol–water partition coefficient (Wildman–Crippen LogP) is 2.34. The van der Waals surface area contributed by atoms with E-state index < -0.39 is 0 Å². The van der Waals surface area contributed by atoms with Crippen molar-refractivity contribution in [2.75, 3.05) is 38.3 Å². The molecule has 0 radical (unpaired) electrons. The second-order valence-electron chi connectivity index (χ2n) is 4.88. The maximum atomic E-state index is 5.24. The molecule has 0 bridgehead atoms. The van der Waals surface area contributed by atoms with Crippen molar-refractivity contribution in [3.63, 3.8) is 0 Å². The summed E-state index contributed by atoms with van der Waals surface area (Å²) in [6.45, 7) is 4.29. The van der Waals surface area contributed by atoms with Crippen LogP contribution in [0.2, 0.25) is 0 Å². The number of nitrogens with zero attached hydrogens (tertiary/aromatic N) is 1. The fraction of sp³-hybridized carbons (Fsp3) is 0.600. The van der Waals surface area contributed by atoms with Gasteiger partial charge < -0.3 is 9.64 Å². The molecule has 0 aliphatic carbocycles. The lowest BCUT2D eigenvalue weighted by molar-refractivity contribution is 0.00346. The molecule has 0 unspecified atom stereocenters. The molecule has 1 aromatic rings. The first-order valence-electron chi connectivity index (χ1n) is 7.07. The van der Waals surface area contributed by atoms with Crippen molar-refractivity contribution in [2.24, 2.45) is 0 Å². The fourth-order valence-electron chi connectivity index (χ4n) is 2.31. The van der Waals surface area contributed by atoms with Gasteiger partial charge in [-0.1, -0.05) is 12.1 Å². The van der Waals surface area contributed by atoms with Gasteiger partial charge in [-0.05, 0) is 37.0 Å². The van der Waals surface area contributed by atoms with Gasteiger partial charge in [-0.3, -0.25) is 4.84 Å². The number of hydroxylamine groups is 1. The third-order valence-corrected chi connectivity index (χ3v) is 3.43. The molecule has 1 fully saturated rings. The highest BCUT2D eigenvalue weighted by Gasteiger charge is 2.10. The van der Waals surface area contributed by atoms with Crippen LogP contribution in [0, 0.1) is 0 Å². The van der Waals surface area contributed by atoms with Crippen molar-refractivity contribution in [3.05, 3.63) is 29.8 Å². The van der Waals surface area contributed by atoms with Crippen molar-refractivity contribution in [2.45, 2.75) is 25.8 Å².